The SMILES string of the molecule is Cn1c(CCCN[C@H]2CCOC2)nc2ccccc21. The fourth-order valence-corrected chi connectivity index (χ4v) is 2.67. The van der Waals surface area contributed by atoms with Gasteiger partial charge < -0.3 is 14.6 Å². The van der Waals surface area contributed by atoms with E-state index < -0.39 is 0 Å². The molecule has 0 saturated carbocycles. The summed E-state index contributed by atoms with van der Waals surface area (Å²) in [7, 11) is 2.10. The first-order valence-electron chi connectivity index (χ1n) is 7.06. The number of aromatic nitrogens is 2. The number of aryl methyl sites for hydroxylation is 2. The summed E-state index contributed by atoms with van der Waals surface area (Å²) in [6.07, 6.45) is 3.28. The number of fused-ring (bicyclic) bond motifs is 1. The van der Waals surface area contributed by atoms with Gasteiger partial charge in [-0.3, -0.25) is 0 Å². The van der Waals surface area contributed by atoms with Crippen LogP contribution in [0.5, 0.6) is 0 Å². The molecular formula is C15H21N3O. The topological polar surface area (TPSA) is 39.1 Å². The van der Waals surface area contributed by atoms with Crippen molar-refractivity contribution in [1.82, 2.24) is 14.9 Å². The van der Waals surface area contributed by atoms with Gasteiger partial charge in [0.2, 0.25) is 0 Å². The first-order valence-corrected chi connectivity index (χ1v) is 7.06. The molecule has 1 atom stereocenters. The lowest BCUT2D eigenvalue weighted by Gasteiger charge is -2.09. The highest BCUT2D eigenvalue weighted by atomic mass is 16.5. The summed E-state index contributed by atoms with van der Waals surface area (Å²) in [6.45, 7) is 2.81. The van der Waals surface area contributed by atoms with Crippen molar-refractivity contribution in [2.45, 2.75) is 25.3 Å². The Hall–Kier alpha value is -1.39. The third-order valence-electron chi connectivity index (χ3n) is 3.82. The van der Waals surface area contributed by atoms with E-state index in [9.17, 15) is 0 Å². The number of nitrogens with one attached hydrogen (secondary N) is 1. The molecular weight excluding hydrogens is 238 g/mol. The number of hydrogen-bond acceptors (Lipinski definition) is 3. The monoisotopic (exact) mass is 259 g/mol. The van der Waals surface area contributed by atoms with Crippen LogP contribution >= 0.6 is 0 Å². The zero-order valence-corrected chi connectivity index (χ0v) is 11.4. The van der Waals surface area contributed by atoms with E-state index in [4.69, 9.17) is 9.72 Å². The highest BCUT2D eigenvalue weighted by Gasteiger charge is 2.14. The Kier molecular flexibility index (Phi) is 3.80. The normalized spacial score (nSPS) is 19.3. The van der Waals surface area contributed by atoms with Crippen LogP contribution in [-0.2, 0) is 18.2 Å². The maximum Gasteiger partial charge on any atom is 0.109 e. The van der Waals surface area contributed by atoms with E-state index >= 15 is 0 Å². The zero-order valence-electron chi connectivity index (χ0n) is 11.4. The minimum absolute atomic E-state index is 0.556. The lowest BCUT2D eigenvalue weighted by Crippen LogP contribution is -2.30. The minimum Gasteiger partial charge on any atom is -0.380 e. The second kappa shape index (κ2) is 5.72. The minimum atomic E-state index is 0.556. The van der Waals surface area contributed by atoms with E-state index in [-0.39, 0.29) is 0 Å². The summed E-state index contributed by atoms with van der Waals surface area (Å²) in [5.41, 5.74) is 2.31. The molecule has 1 fully saturated rings. The number of nitrogens with zero attached hydrogens (tertiary/aromatic N) is 2. The predicted octanol–water partition coefficient (Wildman–Crippen LogP) is 1.88. The fourth-order valence-electron chi connectivity index (χ4n) is 2.67. The molecule has 0 radical (unpaired) electrons. The lowest BCUT2D eigenvalue weighted by molar-refractivity contribution is 0.190. The van der Waals surface area contributed by atoms with Crippen LogP contribution in [0.15, 0.2) is 24.3 Å². The van der Waals surface area contributed by atoms with E-state index in [2.05, 4.69) is 35.1 Å². The number of benzene rings is 1. The van der Waals surface area contributed by atoms with E-state index in [1.54, 1.807) is 0 Å². The van der Waals surface area contributed by atoms with Crippen molar-refractivity contribution in [3.05, 3.63) is 30.1 Å². The van der Waals surface area contributed by atoms with Gasteiger partial charge in [-0.1, -0.05) is 12.1 Å². The standard InChI is InChI=1S/C15H21N3O/c1-18-14-6-3-2-5-13(14)17-15(18)7-4-9-16-12-8-10-19-11-12/h2-3,5-6,12,16H,4,7-11H2,1H3/t12-/m0/s1. The largest absolute Gasteiger partial charge is 0.380 e. The van der Waals surface area contributed by atoms with E-state index in [0.717, 1.165) is 44.5 Å². The van der Waals surface area contributed by atoms with Gasteiger partial charge in [-0.2, -0.15) is 0 Å². The van der Waals surface area contributed by atoms with Crippen molar-refractivity contribution < 1.29 is 4.74 Å². The molecule has 0 aliphatic carbocycles. The highest BCUT2D eigenvalue weighted by molar-refractivity contribution is 5.75. The van der Waals surface area contributed by atoms with Crippen molar-refractivity contribution in [3.8, 4) is 0 Å². The molecule has 0 spiro atoms. The van der Waals surface area contributed by atoms with E-state index in [0.29, 0.717) is 6.04 Å². The van der Waals surface area contributed by atoms with E-state index in [1.807, 2.05) is 6.07 Å². The van der Waals surface area contributed by atoms with Gasteiger partial charge in [0.15, 0.2) is 0 Å². The van der Waals surface area contributed by atoms with Crippen molar-refractivity contribution in [3.63, 3.8) is 0 Å². The molecule has 19 heavy (non-hydrogen) atoms. The second-order valence-electron chi connectivity index (χ2n) is 5.19. The van der Waals surface area contributed by atoms with Crippen LogP contribution in [0.1, 0.15) is 18.7 Å². The molecule has 0 unspecified atom stereocenters. The Bertz CT molecular complexity index is 543. The van der Waals surface area contributed by atoms with Gasteiger partial charge in [0.05, 0.1) is 17.6 Å². The smallest absolute Gasteiger partial charge is 0.109 e. The molecule has 3 rings (SSSR count). The van der Waals surface area contributed by atoms with Gasteiger partial charge in [-0.15, -0.1) is 0 Å². The summed E-state index contributed by atoms with van der Waals surface area (Å²) >= 11 is 0. The van der Waals surface area contributed by atoms with Crippen LogP contribution < -0.4 is 5.32 Å². The Balaban J connectivity index is 1.54. The van der Waals surface area contributed by atoms with Crippen molar-refractivity contribution in [1.29, 1.82) is 0 Å². The molecule has 1 aromatic carbocycles. The van der Waals surface area contributed by atoms with Gasteiger partial charge in [0.25, 0.3) is 0 Å². The fraction of sp³-hybridized carbons (Fsp3) is 0.533. The van der Waals surface area contributed by atoms with Crippen molar-refractivity contribution >= 4 is 11.0 Å². The van der Waals surface area contributed by atoms with Crippen LogP contribution in [-0.4, -0.2) is 35.4 Å². The lowest BCUT2D eigenvalue weighted by atomic mass is 10.2. The van der Waals surface area contributed by atoms with Gasteiger partial charge in [-0.25, -0.2) is 4.98 Å². The first kappa shape index (κ1) is 12.6. The van der Waals surface area contributed by atoms with Gasteiger partial charge >= 0.3 is 0 Å². The van der Waals surface area contributed by atoms with Crippen LogP contribution in [0, 0.1) is 0 Å². The maximum absolute atomic E-state index is 5.35. The molecule has 2 aromatic rings. The summed E-state index contributed by atoms with van der Waals surface area (Å²) < 4.78 is 7.55. The molecule has 0 amide bonds. The molecule has 2 heterocycles. The molecule has 1 aliphatic heterocycles. The molecule has 1 N–H and O–H groups in total. The Morgan fingerprint density at radius 1 is 1.42 bits per heavy atom. The Morgan fingerprint density at radius 2 is 2.32 bits per heavy atom. The number of hydrogen-bond donors (Lipinski definition) is 1. The molecule has 1 aromatic heterocycles. The molecule has 0 bridgehead atoms. The van der Waals surface area contributed by atoms with Crippen LogP contribution in [0.3, 0.4) is 0 Å². The zero-order chi connectivity index (χ0) is 13.1. The van der Waals surface area contributed by atoms with E-state index in [1.165, 1.54) is 11.3 Å². The predicted molar refractivity (Wildman–Crippen MR) is 76.3 cm³/mol. The van der Waals surface area contributed by atoms with Crippen LogP contribution in [0.25, 0.3) is 11.0 Å². The van der Waals surface area contributed by atoms with Gasteiger partial charge in [0.1, 0.15) is 5.82 Å². The Labute approximate surface area is 113 Å². The molecule has 1 saturated heterocycles. The third-order valence-corrected chi connectivity index (χ3v) is 3.82. The Morgan fingerprint density at radius 3 is 3.11 bits per heavy atom. The molecule has 4 nitrogen and oxygen atoms in total. The number of rotatable bonds is 5. The molecule has 4 heteroatoms. The van der Waals surface area contributed by atoms with Crippen molar-refractivity contribution in [2.75, 3.05) is 19.8 Å². The second-order valence-corrected chi connectivity index (χ2v) is 5.19. The summed E-state index contributed by atoms with van der Waals surface area (Å²) in [6, 6.07) is 8.86. The summed E-state index contributed by atoms with van der Waals surface area (Å²) in [5, 5.41) is 3.54. The quantitative estimate of drug-likeness (QED) is 0.833. The average Bonchev–Trinajstić information content (AvgIpc) is 3.04. The summed E-state index contributed by atoms with van der Waals surface area (Å²) in [5.74, 6) is 1.17. The molecule has 1 aliphatic rings. The van der Waals surface area contributed by atoms with Gasteiger partial charge in [-0.05, 0) is 31.5 Å². The van der Waals surface area contributed by atoms with Gasteiger partial charge in [0, 0.05) is 26.1 Å². The number of para-hydroxylation sites is 2. The highest BCUT2D eigenvalue weighted by Crippen LogP contribution is 2.15. The third kappa shape index (κ3) is 2.80. The maximum atomic E-state index is 5.35. The first-order chi connectivity index (χ1) is 9.34. The van der Waals surface area contributed by atoms with Crippen LogP contribution in [0.2, 0.25) is 0 Å². The summed E-state index contributed by atoms with van der Waals surface area (Å²) in [4.78, 5) is 4.69. The number of ether oxygens (including phenoxy) is 1. The van der Waals surface area contributed by atoms with Crippen LogP contribution in [0.4, 0.5) is 0 Å². The number of imidazole rings is 1. The average molecular weight is 259 g/mol. The molecule has 102 valence electrons. The van der Waals surface area contributed by atoms with Crippen molar-refractivity contribution in [2.24, 2.45) is 7.05 Å².